The van der Waals surface area contributed by atoms with Crippen LogP contribution in [0.25, 0.3) is 0 Å². The van der Waals surface area contributed by atoms with E-state index in [1.165, 1.54) is 6.92 Å². The van der Waals surface area contributed by atoms with Crippen molar-refractivity contribution in [3.05, 3.63) is 34.4 Å². The van der Waals surface area contributed by atoms with E-state index in [4.69, 9.17) is 5.73 Å². The lowest BCUT2D eigenvalue weighted by atomic mass is 9.94. The quantitative estimate of drug-likeness (QED) is 0.832. The van der Waals surface area contributed by atoms with E-state index < -0.39 is 46.9 Å². The van der Waals surface area contributed by atoms with Gasteiger partial charge in [-0.05, 0) is 24.1 Å². The van der Waals surface area contributed by atoms with Crippen molar-refractivity contribution in [1.82, 2.24) is 0 Å². The van der Waals surface area contributed by atoms with E-state index in [1.807, 2.05) is 0 Å². The number of rotatable bonds is 2. The van der Waals surface area contributed by atoms with Crippen LogP contribution in [-0.2, 0) is 18.8 Å². The van der Waals surface area contributed by atoms with Crippen LogP contribution < -0.4 is 5.73 Å². The first-order valence-electron chi connectivity index (χ1n) is 5.09. The highest BCUT2D eigenvalue weighted by Crippen LogP contribution is 2.40. The highest BCUT2D eigenvalue weighted by molar-refractivity contribution is 5.93. The molecule has 0 spiro atoms. The normalized spacial score (nSPS) is 12.6. The molecule has 0 aliphatic rings. The van der Waals surface area contributed by atoms with E-state index in [-0.39, 0.29) is 0 Å². The Balaban J connectivity index is 3.72. The Hall–Kier alpha value is -1.73. The maximum Gasteiger partial charge on any atom is 0.416 e. The molecule has 1 rings (SSSR count). The van der Waals surface area contributed by atoms with E-state index in [0.29, 0.717) is 12.1 Å². The number of primary amides is 1. The van der Waals surface area contributed by atoms with Crippen LogP contribution in [0.5, 0.6) is 0 Å². The lowest BCUT2D eigenvalue weighted by molar-refractivity contribution is -0.144. The van der Waals surface area contributed by atoms with E-state index in [9.17, 15) is 31.1 Å². The fourth-order valence-electron chi connectivity index (χ4n) is 1.70. The molecule has 19 heavy (non-hydrogen) atoms. The Morgan fingerprint density at radius 1 is 1.05 bits per heavy atom. The van der Waals surface area contributed by atoms with Gasteiger partial charge in [0.1, 0.15) is 0 Å². The smallest absolute Gasteiger partial charge is 0.366 e. The summed E-state index contributed by atoms with van der Waals surface area (Å²) in [7, 11) is 0. The monoisotopic (exact) mass is 285 g/mol. The van der Waals surface area contributed by atoms with Gasteiger partial charge in [0.25, 0.3) is 0 Å². The summed E-state index contributed by atoms with van der Waals surface area (Å²) in [4.78, 5) is 10.8. The average Bonchev–Trinajstić information content (AvgIpc) is 2.24. The molecule has 0 saturated carbocycles. The molecule has 1 amide bonds. The Morgan fingerprint density at radius 2 is 1.42 bits per heavy atom. The molecule has 0 heterocycles. The van der Waals surface area contributed by atoms with Crippen molar-refractivity contribution in [3.8, 4) is 0 Å². The van der Waals surface area contributed by atoms with Gasteiger partial charge in [-0.15, -0.1) is 0 Å². The van der Waals surface area contributed by atoms with Gasteiger partial charge in [-0.3, -0.25) is 4.79 Å². The minimum absolute atomic E-state index is 0.344. The molecule has 1 aromatic carbocycles. The zero-order chi connectivity index (χ0) is 15.0. The fraction of sp³-hybridized carbons (Fsp3) is 0.364. The Labute approximate surface area is 104 Å². The summed E-state index contributed by atoms with van der Waals surface area (Å²) in [5.41, 5.74) is 0.0607. The number of amides is 1. The number of carbonyl (C=O) groups is 1. The average molecular weight is 285 g/mol. The number of alkyl halides is 6. The molecule has 0 radical (unpaired) electrons. The van der Waals surface area contributed by atoms with Crippen LogP contribution in [0.1, 0.15) is 34.0 Å². The van der Waals surface area contributed by atoms with E-state index in [1.54, 1.807) is 0 Å². The minimum Gasteiger partial charge on any atom is -0.366 e. The largest absolute Gasteiger partial charge is 0.416 e. The van der Waals surface area contributed by atoms with Gasteiger partial charge < -0.3 is 5.73 Å². The number of halogens is 6. The zero-order valence-electron chi connectivity index (χ0n) is 9.62. The molecule has 0 aliphatic heterocycles. The lowest BCUT2D eigenvalue weighted by Crippen LogP contribution is -2.20. The van der Waals surface area contributed by atoms with E-state index >= 15 is 0 Å². The van der Waals surface area contributed by atoms with Crippen LogP contribution in [0.2, 0.25) is 0 Å². The minimum atomic E-state index is -4.99. The molecule has 2 nitrogen and oxygen atoms in total. The Morgan fingerprint density at radius 3 is 1.63 bits per heavy atom. The van der Waals surface area contributed by atoms with Crippen molar-refractivity contribution >= 4 is 5.91 Å². The maximum atomic E-state index is 12.7. The lowest BCUT2D eigenvalue weighted by Gasteiger charge is -2.19. The second kappa shape index (κ2) is 4.75. The van der Waals surface area contributed by atoms with Gasteiger partial charge in [-0.2, -0.15) is 26.3 Å². The van der Waals surface area contributed by atoms with Crippen LogP contribution in [0.3, 0.4) is 0 Å². The molecule has 0 aromatic heterocycles. The number of benzene rings is 1. The number of hydrogen-bond acceptors (Lipinski definition) is 1. The van der Waals surface area contributed by atoms with Gasteiger partial charge in [0.2, 0.25) is 5.91 Å². The first-order valence-corrected chi connectivity index (χ1v) is 5.09. The first kappa shape index (κ1) is 15.3. The number of nitrogens with two attached hydrogens (primary N) is 1. The van der Waals surface area contributed by atoms with Crippen molar-refractivity contribution in [2.45, 2.75) is 25.7 Å². The second-order valence-corrected chi connectivity index (χ2v) is 3.76. The van der Waals surface area contributed by atoms with Crippen LogP contribution in [0.15, 0.2) is 12.1 Å². The third-order valence-electron chi connectivity index (χ3n) is 2.50. The molecule has 0 atom stereocenters. The molecule has 106 valence electrons. The number of carbonyl (C=O) groups excluding carboxylic acids is 1. The van der Waals surface area contributed by atoms with Gasteiger partial charge in [0.15, 0.2) is 0 Å². The highest BCUT2D eigenvalue weighted by Gasteiger charge is 2.41. The third kappa shape index (κ3) is 3.18. The predicted molar refractivity (Wildman–Crippen MR) is 54.3 cm³/mol. The van der Waals surface area contributed by atoms with Gasteiger partial charge in [-0.25, -0.2) is 0 Å². The summed E-state index contributed by atoms with van der Waals surface area (Å²) >= 11 is 0. The topological polar surface area (TPSA) is 43.1 Å². The molecule has 2 N–H and O–H groups in total. The summed E-state index contributed by atoms with van der Waals surface area (Å²) in [5, 5.41) is 0. The van der Waals surface area contributed by atoms with Crippen LogP contribution in [0, 0.1) is 0 Å². The van der Waals surface area contributed by atoms with Gasteiger partial charge in [0, 0.05) is 5.56 Å². The summed E-state index contributed by atoms with van der Waals surface area (Å²) in [6.45, 7) is 1.17. The highest BCUT2D eigenvalue weighted by atomic mass is 19.4. The molecule has 0 bridgehead atoms. The van der Waals surface area contributed by atoms with E-state index in [2.05, 4.69) is 0 Å². The van der Waals surface area contributed by atoms with Gasteiger partial charge in [0.05, 0.1) is 11.1 Å². The van der Waals surface area contributed by atoms with Crippen molar-refractivity contribution in [2.75, 3.05) is 0 Å². The zero-order valence-corrected chi connectivity index (χ0v) is 9.62. The molecule has 0 aliphatic carbocycles. The first-order chi connectivity index (χ1) is 8.48. The maximum absolute atomic E-state index is 12.7. The summed E-state index contributed by atoms with van der Waals surface area (Å²) in [6.07, 6.45) is -10.4. The van der Waals surface area contributed by atoms with Gasteiger partial charge in [-0.1, -0.05) is 6.92 Å². The fourth-order valence-corrected chi connectivity index (χ4v) is 1.70. The molecule has 0 fully saturated rings. The van der Waals surface area contributed by atoms with Crippen molar-refractivity contribution < 1.29 is 31.1 Å². The Kier molecular flexibility index (Phi) is 3.83. The summed E-state index contributed by atoms with van der Waals surface area (Å²) in [6, 6.07) is 0.687. The molecular formula is C11H9F6NO. The third-order valence-corrected chi connectivity index (χ3v) is 2.50. The van der Waals surface area contributed by atoms with E-state index in [0.717, 1.165) is 0 Å². The predicted octanol–water partition coefficient (Wildman–Crippen LogP) is 3.39. The SMILES string of the molecule is CCc1c(C(F)(F)F)cc(C(N)=O)cc1C(F)(F)F. The summed E-state index contributed by atoms with van der Waals surface area (Å²) < 4.78 is 76.4. The van der Waals surface area contributed by atoms with Gasteiger partial charge >= 0.3 is 12.4 Å². The van der Waals surface area contributed by atoms with Crippen LogP contribution in [-0.4, -0.2) is 5.91 Å². The van der Waals surface area contributed by atoms with Crippen molar-refractivity contribution in [3.63, 3.8) is 0 Å². The molecule has 0 saturated heterocycles. The molecular weight excluding hydrogens is 276 g/mol. The van der Waals surface area contributed by atoms with Crippen LogP contribution >= 0.6 is 0 Å². The molecule has 1 aromatic rings. The second-order valence-electron chi connectivity index (χ2n) is 3.76. The van der Waals surface area contributed by atoms with Crippen molar-refractivity contribution in [1.29, 1.82) is 0 Å². The molecule has 8 heteroatoms. The Bertz CT molecular complexity index is 468. The number of hydrogen-bond donors (Lipinski definition) is 1. The standard InChI is InChI=1S/C11H9F6NO/c1-2-6-7(10(12,13)14)3-5(9(18)19)4-8(6)11(15,16)17/h3-4H,2H2,1H3,(H2,18,19). The molecule has 0 unspecified atom stereocenters. The van der Waals surface area contributed by atoms with Crippen LogP contribution in [0.4, 0.5) is 26.3 Å². The summed E-state index contributed by atoms with van der Waals surface area (Å²) in [5.74, 6) is -1.35. The van der Waals surface area contributed by atoms with Crippen molar-refractivity contribution in [2.24, 2.45) is 5.73 Å².